The average molecular weight is 199 g/mol. The molecule has 2 unspecified atom stereocenters. The largest absolute Gasteiger partial charge is 0.481 e. The van der Waals surface area contributed by atoms with Crippen molar-refractivity contribution in [1.29, 1.82) is 0 Å². The van der Waals surface area contributed by atoms with Crippen molar-refractivity contribution in [2.45, 2.75) is 25.4 Å². The van der Waals surface area contributed by atoms with Crippen molar-refractivity contribution in [2.24, 2.45) is 11.8 Å². The second-order valence-corrected chi connectivity index (χ2v) is 4.49. The molecule has 1 saturated carbocycles. The highest BCUT2D eigenvalue weighted by atomic mass is 16.4. The van der Waals surface area contributed by atoms with Gasteiger partial charge in [-0.3, -0.25) is 4.79 Å². The molecule has 4 heteroatoms. The standard InChI is InChI=1S/C10H17NO3/c12-9(13)3-4-11-5-7-1-2-8(6-11)10(7)14/h7-8,10,14H,1-6H2,(H,12,13). The van der Waals surface area contributed by atoms with Crippen LogP contribution in [0.3, 0.4) is 0 Å². The van der Waals surface area contributed by atoms with Crippen LogP contribution in [0.15, 0.2) is 0 Å². The number of hydrogen-bond donors (Lipinski definition) is 2. The van der Waals surface area contributed by atoms with E-state index in [9.17, 15) is 9.90 Å². The zero-order chi connectivity index (χ0) is 10.1. The van der Waals surface area contributed by atoms with Crippen LogP contribution in [-0.4, -0.2) is 46.8 Å². The number of carboxylic acid groups (broad SMARTS) is 1. The van der Waals surface area contributed by atoms with Gasteiger partial charge in [-0.2, -0.15) is 0 Å². The third-order valence-corrected chi connectivity index (χ3v) is 3.50. The van der Waals surface area contributed by atoms with Crippen molar-refractivity contribution >= 4 is 5.97 Å². The van der Waals surface area contributed by atoms with Gasteiger partial charge in [-0.1, -0.05) is 0 Å². The third kappa shape index (κ3) is 1.91. The smallest absolute Gasteiger partial charge is 0.304 e. The number of hydrogen-bond acceptors (Lipinski definition) is 3. The third-order valence-electron chi connectivity index (χ3n) is 3.50. The van der Waals surface area contributed by atoms with Gasteiger partial charge in [-0.15, -0.1) is 0 Å². The van der Waals surface area contributed by atoms with Gasteiger partial charge in [0, 0.05) is 19.6 Å². The zero-order valence-electron chi connectivity index (χ0n) is 8.22. The first-order chi connectivity index (χ1) is 6.66. The highest BCUT2D eigenvalue weighted by Gasteiger charge is 2.40. The van der Waals surface area contributed by atoms with Gasteiger partial charge >= 0.3 is 5.97 Å². The van der Waals surface area contributed by atoms with Crippen LogP contribution in [0.5, 0.6) is 0 Å². The molecule has 1 aliphatic carbocycles. The minimum Gasteiger partial charge on any atom is -0.481 e. The molecule has 0 spiro atoms. The first kappa shape index (κ1) is 9.93. The molecular formula is C10H17NO3. The summed E-state index contributed by atoms with van der Waals surface area (Å²) in [5, 5.41) is 18.3. The Bertz CT molecular complexity index is 217. The number of aliphatic hydroxyl groups is 1. The zero-order valence-corrected chi connectivity index (χ0v) is 8.22. The van der Waals surface area contributed by atoms with Gasteiger partial charge in [0.1, 0.15) is 0 Å². The van der Waals surface area contributed by atoms with Gasteiger partial charge in [0.2, 0.25) is 0 Å². The van der Waals surface area contributed by atoms with Crippen LogP contribution in [0.4, 0.5) is 0 Å². The predicted octanol–water partition coefficient (Wildman–Crippen LogP) is 0.164. The molecule has 1 saturated heterocycles. The van der Waals surface area contributed by atoms with Crippen molar-refractivity contribution in [2.75, 3.05) is 19.6 Å². The van der Waals surface area contributed by atoms with Crippen molar-refractivity contribution in [3.63, 3.8) is 0 Å². The number of carboxylic acids is 1. The van der Waals surface area contributed by atoms with Crippen molar-refractivity contribution < 1.29 is 15.0 Å². The number of nitrogens with zero attached hydrogens (tertiary/aromatic N) is 1. The Hall–Kier alpha value is -0.610. The normalized spacial score (nSPS) is 37.4. The quantitative estimate of drug-likeness (QED) is 0.680. The Morgan fingerprint density at radius 2 is 1.86 bits per heavy atom. The average Bonchev–Trinajstić information content (AvgIpc) is 2.41. The predicted molar refractivity (Wildman–Crippen MR) is 50.9 cm³/mol. The second-order valence-electron chi connectivity index (χ2n) is 4.49. The van der Waals surface area contributed by atoms with Crippen molar-refractivity contribution in [1.82, 2.24) is 4.90 Å². The maximum Gasteiger partial charge on any atom is 0.304 e. The number of piperidine rings is 1. The molecule has 2 bridgehead atoms. The molecule has 2 fully saturated rings. The fourth-order valence-corrected chi connectivity index (χ4v) is 2.73. The summed E-state index contributed by atoms with van der Waals surface area (Å²) in [6, 6.07) is 0. The fourth-order valence-electron chi connectivity index (χ4n) is 2.73. The Morgan fingerprint density at radius 3 is 2.36 bits per heavy atom. The molecule has 0 amide bonds. The Kier molecular flexibility index (Phi) is 2.74. The molecule has 14 heavy (non-hydrogen) atoms. The van der Waals surface area contributed by atoms with Crippen molar-refractivity contribution in [3.05, 3.63) is 0 Å². The summed E-state index contributed by atoms with van der Waals surface area (Å²) in [5.74, 6) is 0.0496. The lowest BCUT2D eigenvalue weighted by Crippen LogP contribution is -2.45. The van der Waals surface area contributed by atoms with Crippen LogP contribution in [0.1, 0.15) is 19.3 Å². The molecule has 2 rings (SSSR count). The van der Waals surface area contributed by atoms with Gasteiger partial charge in [0.05, 0.1) is 12.5 Å². The topological polar surface area (TPSA) is 60.8 Å². The fraction of sp³-hybridized carbons (Fsp3) is 0.900. The Balaban J connectivity index is 1.84. The van der Waals surface area contributed by atoms with Gasteiger partial charge in [0.25, 0.3) is 0 Å². The second kappa shape index (κ2) is 3.87. The number of carbonyl (C=O) groups is 1. The maximum atomic E-state index is 10.4. The van der Waals surface area contributed by atoms with Crippen LogP contribution >= 0.6 is 0 Å². The van der Waals surface area contributed by atoms with E-state index < -0.39 is 5.97 Å². The molecular weight excluding hydrogens is 182 g/mol. The molecule has 0 radical (unpaired) electrons. The molecule has 2 aliphatic rings. The molecule has 0 aromatic carbocycles. The highest BCUT2D eigenvalue weighted by molar-refractivity contribution is 5.66. The molecule has 80 valence electrons. The van der Waals surface area contributed by atoms with E-state index in [1.54, 1.807) is 0 Å². The highest BCUT2D eigenvalue weighted by Crippen LogP contribution is 2.36. The summed E-state index contributed by atoms with van der Waals surface area (Å²) in [7, 11) is 0. The molecule has 2 N–H and O–H groups in total. The molecule has 1 heterocycles. The maximum absolute atomic E-state index is 10.4. The van der Waals surface area contributed by atoms with E-state index in [-0.39, 0.29) is 12.5 Å². The molecule has 2 atom stereocenters. The van der Waals surface area contributed by atoms with E-state index >= 15 is 0 Å². The molecule has 1 aliphatic heterocycles. The summed E-state index contributed by atoms with van der Waals surface area (Å²) < 4.78 is 0. The first-order valence-electron chi connectivity index (χ1n) is 5.29. The minimum atomic E-state index is -0.733. The van der Waals surface area contributed by atoms with Crippen LogP contribution in [0, 0.1) is 11.8 Å². The first-order valence-corrected chi connectivity index (χ1v) is 5.29. The number of aliphatic hydroxyl groups excluding tert-OH is 1. The number of rotatable bonds is 3. The van der Waals surface area contributed by atoms with Crippen LogP contribution in [0.25, 0.3) is 0 Å². The van der Waals surface area contributed by atoms with Crippen LogP contribution in [0.2, 0.25) is 0 Å². The van der Waals surface area contributed by atoms with Crippen molar-refractivity contribution in [3.8, 4) is 0 Å². The Morgan fingerprint density at radius 1 is 1.29 bits per heavy atom. The summed E-state index contributed by atoms with van der Waals surface area (Å²) in [5.41, 5.74) is 0. The Labute approximate surface area is 83.5 Å². The monoisotopic (exact) mass is 199 g/mol. The van der Waals surface area contributed by atoms with Gasteiger partial charge in [-0.05, 0) is 24.7 Å². The van der Waals surface area contributed by atoms with Gasteiger partial charge in [0.15, 0.2) is 0 Å². The van der Waals surface area contributed by atoms with Crippen LogP contribution in [-0.2, 0) is 4.79 Å². The van der Waals surface area contributed by atoms with E-state index in [0.29, 0.717) is 18.4 Å². The summed E-state index contributed by atoms with van der Waals surface area (Å²) in [6.07, 6.45) is 2.30. The molecule has 0 aromatic rings. The summed E-state index contributed by atoms with van der Waals surface area (Å²) >= 11 is 0. The van der Waals surface area contributed by atoms with Crippen LogP contribution < -0.4 is 0 Å². The molecule has 4 nitrogen and oxygen atoms in total. The van der Waals surface area contributed by atoms with E-state index in [1.807, 2.05) is 0 Å². The van der Waals surface area contributed by atoms with E-state index in [2.05, 4.69) is 4.90 Å². The summed E-state index contributed by atoms with van der Waals surface area (Å²) in [4.78, 5) is 12.6. The number of likely N-dealkylation sites (tertiary alicyclic amines) is 1. The number of aliphatic carboxylic acids is 1. The SMILES string of the molecule is O=C(O)CCN1CC2CCC(C1)C2O. The lowest BCUT2D eigenvalue weighted by Gasteiger charge is -2.35. The van der Waals surface area contributed by atoms with E-state index in [0.717, 1.165) is 25.9 Å². The minimum absolute atomic E-state index is 0.129. The van der Waals surface area contributed by atoms with E-state index in [4.69, 9.17) is 5.11 Å². The molecule has 0 aromatic heterocycles. The van der Waals surface area contributed by atoms with Gasteiger partial charge < -0.3 is 15.1 Å². The van der Waals surface area contributed by atoms with Gasteiger partial charge in [-0.25, -0.2) is 0 Å². The number of fused-ring (bicyclic) bond motifs is 2. The lowest BCUT2D eigenvalue weighted by molar-refractivity contribution is -0.137. The summed E-state index contributed by atoms with van der Waals surface area (Å²) in [6.45, 7) is 2.39. The van der Waals surface area contributed by atoms with E-state index in [1.165, 1.54) is 0 Å². The lowest BCUT2D eigenvalue weighted by atomic mass is 9.95.